The Kier molecular flexibility index (Phi) is 2.84. The maximum absolute atomic E-state index is 12.2. The highest BCUT2D eigenvalue weighted by Gasteiger charge is 2.39. The van der Waals surface area contributed by atoms with E-state index in [1.807, 2.05) is 0 Å². The van der Waals surface area contributed by atoms with Gasteiger partial charge in [0.2, 0.25) is 5.91 Å². The van der Waals surface area contributed by atoms with Crippen LogP contribution in [0.3, 0.4) is 0 Å². The zero-order valence-corrected chi connectivity index (χ0v) is 9.60. The number of halogens is 3. The van der Waals surface area contributed by atoms with Gasteiger partial charge in [-0.2, -0.15) is 18.3 Å². The normalized spacial score (nSPS) is 19.3. The molecule has 100 valence electrons. The van der Waals surface area contributed by atoms with Gasteiger partial charge in [-0.1, -0.05) is 0 Å². The van der Waals surface area contributed by atoms with Gasteiger partial charge in [-0.15, -0.1) is 0 Å². The Morgan fingerprint density at radius 2 is 2.06 bits per heavy atom. The zero-order chi connectivity index (χ0) is 13.6. The van der Waals surface area contributed by atoms with Crippen LogP contribution in [-0.2, 0) is 20.8 Å². The molecule has 1 fully saturated rings. The van der Waals surface area contributed by atoms with Crippen LogP contribution >= 0.6 is 0 Å². The Morgan fingerprint density at radius 1 is 1.44 bits per heavy atom. The summed E-state index contributed by atoms with van der Waals surface area (Å²) in [5.41, 5.74) is -1.08. The van der Waals surface area contributed by atoms with E-state index in [0.717, 1.165) is 0 Å². The molecule has 0 saturated carbocycles. The molecule has 1 aromatic heterocycles. The quantitative estimate of drug-likeness (QED) is 0.822. The fraction of sp³-hybridized carbons (Fsp3) is 0.500. The third kappa shape index (κ3) is 2.63. The van der Waals surface area contributed by atoms with Crippen molar-refractivity contribution in [2.75, 3.05) is 16.8 Å². The van der Waals surface area contributed by atoms with Gasteiger partial charge >= 0.3 is 6.18 Å². The summed E-state index contributed by atoms with van der Waals surface area (Å²) in [6.07, 6.45) is -4.57. The summed E-state index contributed by atoms with van der Waals surface area (Å²) in [6, 6.07) is 0.644. The van der Waals surface area contributed by atoms with Crippen LogP contribution in [0, 0.1) is 5.92 Å². The van der Waals surface area contributed by atoms with E-state index in [-0.39, 0.29) is 17.3 Å². The van der Waals surface area contributed by atoms with Crippen LogP contribution in [0.25, 0.3) is 0 Å². The third-order valence-electron chi connectivity index (χ3n) is 2.42. The Bertz CT molecular complexity index is 566. The number of hydrogen-bond donors (Lipinski definition) is 2. The molecule has 0 radical (unpaired) electrons. The monoisotopic (exact) mass is 283 g/mol. The predicted octanol–water partition coefficient (Wildman–Crippen LogP) is 0.412. The van der Waals surface area contributed by atoms with Crippen molar-refractivity contribution >= 4 is 21.6 Å². The minimum absolute atomic E-state index is 0.281. The number of rotatable bonds is 2. The summed E-state index contributed by atoms with van der Waals surface area (Å²) in [4.78, 5) is 11.4. The Hall–Kier alpha value is -1.58. The average Bonchev–Trinajstić information content (AvgIpc) is 2.61. The van der Waals surface area contributed by atoms with Crippen LogP contribution in [-0.4, -0.2) is 36.0 Å². The van der Waals surface area contributed by atoms with Crippen molar-refractivity contribution in [3.8, 4) is 0 Å². The van der Waals surface area contributed by atoms with Gasteiger partial charge < -0.3 is 5.32 Å². The highest BCUT2D eigenvalue weighted by Crippen LogP contribution is 2.29. The van der Waals surface area contributed by atoms with E-state index < -0.39 is 33.5 Å². The number of amides is 1. The van der Waals surface area contributed by atoms with Crippen LogP contribution in [0.4, 0.5) is 19.0 Å². The molecule has 10 heteroatoms. The fourth-order valence-corrected chi connectivity index (χ4v) is 2.91. The predicted molar refractivity (Wildman–Crippen MR) is 54.4 cm³/mol. The molecule has 2 heterocycles. The first kappa shape index (κ1) is 12.9. The second-order valence-electron chi connectivity index (χ2n) is 3.93. The summed E-state index contributed by atoms with van der Waals surface area (Å²) < 4.78 is 58.3. The summed E-state index contributed by atoms with van der Waals surface area (Å²) in [5.74, 6) is -2.21. The van der Waals surface area contributed by atoms with E-state index in [4.69, 9.17) is 0 Å². The molecule has 0 aliphatic carbocycles. The minimum atomic E-state index is -4.57. The van der Waals surface area contributed by atoms with Crippen molar-refractivity contribution < 1.29 is 26.4 Å². The summed E-state index contributed by atoms with van der Waals surface area (Å²) in [6.45, 7) is 0. The van der Waals surface area contributed by atoms with E-state index in [1.165, 1.54) is 0 Å². The number of H-pyrrole nitrogens is 1. The molecule has 18 heavy (non-hydrogen) atoms. The van der Waals surface area contributed by atoms with Crippen LogP contribution in [0.2, 0.25) is 0 Å². The lowest BCUT2D eigenvalue weighted by Crippen LogP contribution is -2.44. The lowest BCUT2D eigenvalue weighted by Gasteiger charge is -2.23. The van der Waals surface area contributed by atoms with Gasteiger partial charge in [-0.05, 0) is 0 Å². The lowest BCUT2D eigenvalue weighted by atomic mass is 10.2. The number of carbonyl (C=O) groups is 1. The van der Waals surface area contributed by atoms with Gasteiger partial charge in [0.25, 0.3) is 0 Å². The van der Waals surface area contributed by atoms with E-state index in [1.54, 1.807) is 5.10 Å². The second kappa shape index (κ2) is 3.97. The Morgan fingerprint density at radius 3 is 2.50 bits per heavy atom. The number of hydrogen-bond acceptors (Lipinski definition) is 4. The molecular formula is C8H8F3N3O3S. The third-order valence-corrected chi connectivity index (χ3v) is 4.24. The molecule has 0 bridgehead atoms. The second-order valence-corrected chi connectivity index (χ2v) is 6.08. The van der Waals surface area contributed by atoms with Crippen LogP contribution < -0.4 is 5.32 Å². The van der Waals surface area contributed by atoms with Crippen molar-refractivity contribution in [2.24, 2.45) is 5.92 Å². The first-order valence-electron chi connectivity index (χ1n) is 4.81. The van der Waals surface area contributed by atoms with Gasteiger partial charge in [-0.25, -0.2) is 8.42 Å². The van der Waals surface area contributed by atoms with Crippen molar-refractivity contribution in [3.05, 3.63) is 11.8 Å². The standard InChI is InChI=1S/C8H8F3N3O3S/c9-8(10,11)5-1-6(14-13-5)12-7(15)4-2-18(16,17)3-4/h1,4H,2-3H2,(H2,12,13,14,15). The first-order chi connectivity index (χ1) is 8.17. The molecule has 6 nitrogen and oxygen atoms in total. The smallest absolute Gasteiger partial charge is 0.309 e. The number of nitrogens with zero attached hydrogens (tertiary/aromatic N) is 1. The molecule has 1 aliphatic rings. The number of aromatic nitrogens is 2. The lowest BCUT2D eigenvalue weighted by molar-refractivity contribution is -0.141. The van der Waals surface area contributed by atoms with Crippen LogP contribution in [0.5, 0.6) is 0 Å². The highest BCUT2D eigenvalue weighted by molar-refractivity contribution is 7.92. The van der Waals surface area contributed by atoms with Crippen molar-refractivity contribution in [1.29, 1.82) is 0 Å². The van der Waals surface area contributed by atoms with E-state index in [9.17, 15) is 26.4 Å². The SMILES string of the molecule is O=C(Nc1cc(C(F)(F)F)[nH]n1)C1CS(=O)(=O)C1. The minimum Gasteiger partial charge on any atom is -0.309 e. The van der Waals surface area contributed by atoms with Crippen LogP contribution in [0.15, 0.2) is 6.07 Å². The molecule has 0 aromatic carbocycles. The molecule has 2 N–H and O–H groups in total. The van der Waals surface area contributed by atoms with E-state index >= 15 is 0 Å². The van der Waals surface area contributed by atoms with E-state index in [0.29, 0.717) is 6.07 Å². The van der Waals surface area contributed by atoms with Gasteiger partial charge in [0.1, 0.15) is 5.69 Å². The summed E-state index contributed by atoms with van der Waals surface area (Å²) in [5, 5.41) is 7.14. The van der Waals surface area contributed by atoms with Gasteiger partial charge in [0, 0.05) is 6.07 Å². The van der Waals surface area contributed by atoms with Gasteiger partial charge in [0.05, 0.1) is 17.4 Å². The Labute approximate surface area is 99.5 Å². The Balaban J connectivity index is 1.98. The summed E-state index contributed by atoms with van der Waals surface area (Å²) >= 11 is 0. The summed E-state index contributed by atoms with van der Waals surface area (Å²) in [7, 11) is -3.16. The molecule has 1 saturated heterocycles. The molecule has 0 unspecified atom stereocenters. The zero-order valence-electron chi connectivity index (χ0n) is 8.78. The maximum Gasteiger partial charge on any atom is 0.432 e. The molecule has 1 amide bonds. The molecule has 0 spiro atoms. The number of alkyl halides is 3. The molecular weight excluding hydrogens is 275 g/mol. The molecule has 2 rings (SSSR count). The van der Waals surface area contributed by atoms with Gasteiger partial charge in [-0.3, -0.25) is 9.89 Å². The largest absolute Gasteiger partial charge is 0.432 e. The number of carbonyl (C=O) groups excluding carboxylic acids is 1. The van der Waals surface area contributed by atoms with Crippen LogP contribution in [0.1, 0.15) is 5.69 Å². The number of aromatic amines is 1. The van der Waals surface area contributed by atoms with Crippen molar-refractivity contribution in [3.63, 3.8) is 0 Å². The first-order valence-corrected chi connectivity index (χ1v) is 6.63. The fourth-order valence-electron chi connectivity index (χ4n) is 1.47. The topological polar surface area (TPSA) is 91.9 Å². The number of sulfone groups is 1. The highest BCUT2D eigenvalue weighted by atomic mass is 32.2. The average molecular weight is 283 g/mol. The maximum atomic E-state index is 12.2. The number of nitrogens with one attached hydrogen (secondary N) is 2. The van der Waals surface area contributed by atoms with Crippen molar-refractivity contribution in [1.82, 2.24) is 10.2 Å². The van der Waals surface area contributed by atoms with Crippen molar-refractivity contribution in [2.45, 2.75) is 6.18 Å². The van der Waals surface area contributed by atoms with Gasteiger partial charge in [0.15, 0.2) is 15.7 Å². The molecule has 0 atom stereocenters. The molecule has 1 aromatic rings. The number of anilines is 1. The van der Waals surface area contributed by atoms with E-state index in [2.05, 4.69) is 10.4 Å². The molecule has 1 aliphatic heterocycles.